The number of rotatable bonds is 3. The maximum atomic E-state index is 9.78. The lowest BCUT2D eigenvalue weighted by atomic mass is 10.1. The van der Waals surface area contributed by atoms with Crippen LogP contribution in [0.5, 0.6) is 0 Å². The molecule has 2 atom stereocenters. The second-order valence-electron chi connectivity index (χ2n) is 6.19. The molecule has 16 heavy (non-hydrogen) atoms. The van der Waals surface area contributed by atoms with E-state index in [-0.39, 0.29) is 17.2 Å². The van der Waals surface area contributed by atoms with Gasteiger partial charge in [0.1, 0.15) is 6.10 Å². The molecule has 4 heteroatoms. The Kier molecular flexibility index (Phi) is 4.57. The van der Waals surface area contributed by atoms with Crippen molar-refractivity contribution in [3.05, 3.63) is 0 Å². The zero-order chi connectivity index (χ0) is 12.4. The minimum absolute atomic E-state index is 0.122. The van der Waals surface area contributed by atoms with E-state index in [1.165, 1.54) is 0 Å². The average molecular weight is 246 g/mol. The maximum absolute atomic E-state index is 9.78. The SMILES string of the molecule is CC(C)(C)[Si](C)(C)OC[C@H]1OCCC[C@@H]1O. The first-order chi connectivity index (χ1) is 7.24. The molecule has 0 aromatic carbocycles. The Bertz CT molecular complexity index is 223. The predicted octanol–water partition coefficient (Wildman–Crippen LogP) is 2.55. The molecule has 1 heterocycles. The molecule has 0 bridgehead atoms. The quantitative estimate of drug-likeness (QED) is 0.778. The molecule has 0 saturated carbocycles. The van der Waals surface area contributed by atoms with Crippen molar-refractivity contribution in [3.63, 3.8) is 0 Å². The highest BCUT2D eigenvalue weighted by atomic mass is 28.4. The van der Waals surface area contributed by atoms with Crippen LogP contribution in [0.25, 0.3) is 0 Å². The van der Waals surface area contributed by atoms with Crippen LogP contribution < -0.4 is 0 Å². The summed E-state index contributed by atoms with van der Waals surface area (Å²) >= 11 is 0. The fraction of sp³-hybridized carbons (Fsp3) is 1.00. The van der Waals surface area contributed by atoms with Gasteiger partial charge in [-0.3, -0.25) is 0 Å². The molecule has 0 aliphatic carbocycles. The van der Waals surface area contributed by atoms with Crippen molar-refractivity contribution in [2.45, 2.75) is 64.0 Å². The largest absolute Gasteiger partial charge is 0.414 e. The summed E-state index contributed by atoms with van der Waals surface area (Å²) in [5.74, 6) is 0. The first-order valence-corrected chi connectivity index (χ1v) is 9.08. The van der Waals surface area contributed by atoms with Crippen LogP contribution in [0, 0.1) is 0 Å². The summed E-state index contributed by atoms with van der Waals surface area (Å²) in [5, 5.41) is 9.99. The maximum Gasteiger partial charge on any atom is 0.192 e. The van der Waals surface area contributed by atoms with E-state index in [2.05, 4.69) is 33.9 Å². The summed E-state index contributed by atoms with van der Waals surface area (Å²) < 4.78 is 11.6. The van der Waals surface area contributed by atoms with Gasteiger partial charge < -0.3 is 14.3 Å². The van der Waals surface area contributed by atoms with Gasteiger partial charge in [0.2, 0.25) is 0 Å². The van der Waals surface area contributed by atoms with Gasteiger partial charge in [-0.25, -0.2) is 0 Å². The lowest BCUT2D eigenvalue weighted by molar-refractivity contribution is -0.0918. The zero-order valence-corrected chi connectivity index (χ0v) is 12.2. The van der Waals surface area contributed by atoms with Gasteiger partial charge in [-0.2, -0.15) is 0 Å². The summed E-state index contributed by atoms with van der Waals surface area (Å²) in [6.45, 7) is 12.4. The summed E-state index contributed by atoms with van der Waals surface area (Å²) in [4.78, 5) is 0. The van der Waals surface area contributed by atoms with E-state index in [0.29, 0.717) is 6.61 Å². The van der Waals surface area contributed by atoms with Crippen molar-refractivity contribution in [1.29, 1.82) is 0 Å². The molecular formula is C12H26O3Si. The van der Waals surface area contributed by atoms with Crippen LogP contribution in [0.2, 0.25) is 18.1 Å². The Morgan fingerprint density at radius 3 is 2.50 bits per heavy atom. The smallest absolute Gasteiger partial charge is 0.192 e. The lowest BCUT2D eigenvalue weighted by Gasteiger charge is -2.38. The summed E-state index contributed by atoms with van der Waals surface area (Å²) in [6, 6.07) is 0. The van der Waals surface area contributed by atoms with Crippen LogP contribution in [0.4, 0.5) is 0 Å². The van der Waals surface area contributed by atoms with Crippen LogP contribution in [-0.2, 0) is 9.16 Å². The molecule has 0 spiro atoms. The second kappa shape index (κ2) is 5.17. The molecule has 0 aromatic rings. The highest BCUT2D eigenvalue weighted by Crippen LogP contribution is 2.36. The highest BCUT2D eigenvalue weighted by molar-refractivity contribution is 6.74. The van der Waals surface area contributed by atoms with Gasteiger partial charge in [-0.05, 0) is 31.0 Å². The van der Waals surface area contributed by atoms with Crippen molar-refractivity contribution >= 4 is 8.32 Å². The molecule has 1 aliphatic rings. The molecule has 1 N–H and O–H groups in total. The molecule has 1 fully saturated rings. The number of hydrogen-bond acceptors (Lipinski definition) is 3. The number of aliphatic hydroxyl groups excluding tert-OH is 1. The van der Waals surface area contributed by atoms with Gasteiger partial charge in [-0.15, -0.1) is 0 Å². The van der Waals surface area contributed by atoms with E-state index in [1.54, 1.807) is 0 Å². The Morgan fingerprint density at radius 2 is 2.00 bits per heavy atom. The van der Waals surface area contributed by atoms with E-state index in [4.69, 9.17) is 9.16 Å². The van der Waals surface area contributed by atoms with E-state index in [0.717, 1.165) is 19.4 Å². The van der Waals surface area contributed by atoms with Crippen molar-refractivity contribution < 1.29 is 14.3 Å². The van der Waals surface area contributed by atoms with E-state index < -0.39 is 8.32 Å². The topological polar surface area (TPSA) is 38.7 Å². The molecule has 3 nitrogen and oxygen atoms in total. The van der Waals surface area contributed by atoms with Crippen molar-refractivity contribution in [2.24, 2.45) is 0 Å². The lowest BCUT2D eigenvalue weighted by Crippen LogP contribution is -2.46. The zero-order valence-electron chi connectivity index (χ0n) is 11.2. The Morgan fingerprint density at radius 1 is 1.38 bits per heavy atom. The first-order valence-electron chi connectivity index (χ1n) is 6.18. The molecule has 0 unspecified atom stereocenters. The van der Waals surface area contributed by atoms with Crippen LogP contribution in [-0.4, -0.2) is 38.8 Å². The first kappa shape index (κ1) is 14.2. The predicted molar refractivity (Wildman–Crippen MR) is 68.1 cm³/mol. The molecule has 1 rings (SSSR count). The third-order valence-electron chi connectivity index (χ3n) is 3.82. The Hall–Kier alpha value is 0.0969. The molecule has 0 amide bonds. The normalized spacial score (nSPS) is 28.1. The fourth-order valence-corrected chi connectivity index (χ4v) is 2.50. The summed E-state index contributed by atoms with van der Waals surface area (Å²) in [5.41, 5.74) is 0. The minimum Gasteiger partial charge on any atom is -0.414 e. The number of aliphatic hydroxyl groups is 1. The van der Waals surface area contributed by atoms with Crippen molar-refractivity contribution in [1.82, 2.24) is 0 Å². The molecular weight excluding hydrogens is 220 g/mol. The Labute approximate surface area is 100 Å². The molecule has 1 saturated heterocycles. The molecule has 96 valence electrons. The number of ether oxygens (including phenoxy) is 1. The van der Waals surface area contributed by atoms with Gasteiger partial charge in [0.25, 0.3) is 0 Å². The van der Waals surface area contributed by atoms with Crippen LogP contribution >= 0.6 is 0 Å². The molecule has 0 radical (unpaired) electrons. The van der Waals surface area contributed by atoms with Gasteiger partial charge in [-0.1, -0.05) is 20.8 Å². The molecule has 0 aromatic heterocycles. The minimum atomic E-state index is -1.71. The average Bonchev–Trinajstić information content (AvgIpc) is 2.15. The number of hydrogen-bond donors (Lipinski definition) is 1. The molecule has 1 aliphatic heterocycles. The second-order valence-corrected chi connectivity index (χ2v) is 11.0. The van der Waals surface area contributed by atoms with E-state index >= 15 is 0 Å². The van der Waals surface area contributed by atoms with Gasteiger partial charge >= 0.3 is 0 Å². The highest BCUT2D eigenvalue weighted by Gasteiger charge is 2.38. The van der Waals surface area contributed by atoms with Gasteiger partial charge in [0.15, 0.2) is 8.32 Å². The van der Waals surface area contributed by atoms with Crippen LogP contribution in [0.3, 0.4) is 0 Å². The third kappa shape index (κ3) is 3.55. The van der Waals surface area contributed by atoms with Crippen molar-refractivity contribution in [3.8, 4) is 0 Å². The Balaban J connectivity index is 2.44. The van der Waals surface area contributed by atoms with Crippen LogP contribution in [0.1, 0.15) is 33.6 Å². The van der Waals surface area contributed by atoms with Crippen LogP contribution in [0.15, 0.2) is 0 Å². The standard InChI is InChI=1S/C12H26O3Si/c1-12(2,3)16(4,5)15-9-11-10(13)7-6-8-14-11/h10-11,13H,6-9H2,1-5H3/t10-,11+/m0/s1. The van der Waals surface area contributed by atoms with Gasteiger partial charge in [0, 0.05) is 6.61 Å². The summed E-state index contributed by atoms with van der Waals surface area (Å²) in [7, 11) is -1.71. The monoisotopic (exact) mass is 246 g/mol. The van der Waals surface area contributed by atoms with E-state index in [9.17, 15) is 5.11 Å². The summed E-state index contributed by atoms with van der Waals surface area (Å²) in [6.07, 6.45) is 1.32. The third-order valence-corrected chi connectivity index (χ3v) is 8.32. The van der Waals surface area contributed by atoms with E-state index in [1.807, 2.05) is 0 Å². The van der Waals surface area contributed by atoms with Gasteiger partial charge in [0.05, 0.1) is 12.7 Å². The van der Waals surface area contributed by atoms with Crippen molar-refractivity contribution in [2.75, 3.05) is 13.2 Å². The fourth-order valence-electron chi connectivity index (χ4n) is 1.49.